The van der Waals surface area contributed by atoms with Crippen LogP contribution in [0, 0.1) is 0 Å². The van der Waals surface area contributed by atoms with Crippen LogP contribution in [0.3, 0.4) is 0 Å². The molecule has 15 heavy (non-hydrogen) atoms. The fraction of sp³-hybridized carbons (Fsp3) is 0.364. The second-order valence-corrected chi connectivity index (χ2v) is 4.32. The summed E-state index contributed by atoms with van der Waals surface area (Å²) in [5.74, 6) is 0.0225. The highest BCUT2D eigenvalue weighted by Gasteiger charge is 2.21. The average molecular weight is 270 g/mol. The molecule has 0 aromatic heterocycles. The van der Waals surface area contributed by atoms with E-state index in [0.29, 0.717) is 13.2 Å². The van der Waals surface area contributed by atoms with Gasteiger partial charge in [-0.05, 0) is 19.1 Å². The molecule has 0 spiro atoms. The van der Waals surface area contributed by atoms with E-state index < -0.39 is 0 Å². The maximum atomic E-state index is 11.7. The number of hydrogen-bond acceptors (Lipinski definition) is 2. The van der Waals surface area contributed by atoms with Crippen LogP contribution >= 0.6 is 15.9 Å². The van der Waals surface area contributed by atoms with Gasteiger partial charge in [-0.1, -0.05) is 22.0 Å². The minimum atomic E-state index is 0.0225. The lowest BCUT2D eigenvalue weighted by Gasteiger charge is -2.20. The number of likely N-dealkylation sites (N-methyl/N-ethyl adjacent to an activating group) is 1. The zero-order chi connectivity index (χ0) is 10.8. The monoisotopic (exact) mass is 269 g/mol. The molecule has 0 saturated heterocycles. The van der Waals surface area contributed by atoms with E-state index in [1.165, 1.54) is 0 Å². The summed E-state index contributed by atoms with van der Waals surface area (Å²) in [7, 11) is 0. The summed E-state index contributed by atoms with van der Waals surface area (Å²) in [6.45, 7) is 3.31. The van der Waals surface area contributed by atoms with Gasteiger partial charge < -0.3 is 9.64 Å². The molecule has 1 aromatic rings. The minimum Gasteiger partial charge on any atom is -0.367 e. The molecule has 1 amide bonds. The Kier molecular flexibility index (Phi) is 3.07. The summed E-state index contributed by atoms with van der Waals surface area (Å²) in [5.41, 5.74) is 2.01. The van der Waals surface area contributed by atoms with Gasteiger partial charge in [0.2, 0.25) is 0 Å². The Labute approximate surface area is 97.2 Å². The topological polar surface area (TPSA) is 29.5 Å². The zero-order valence-electron chi connectivity index (χ0n) is 8.50. The predicted molar refractivity (Wildman–Crippen MR) is 61.8 cm³/mol. The smallest absolute Gasteiger partial charge is 0.252 e. The van der Waals surface area contributed by atoms with Crippen molar-refractivity contribution in [2.24, 2.45) is 0 Å². The number of anilines is 1. The quantitative estimate of drug-likeness (QED) is 0.783. The van der Waals surface area contributed by atoms with Crippen molar-refractivity contribution in [2.75, 3.05) is 18.1 Å². The molecule has 1 aromatic carbocycles. The van der Waals surface area contributed by atoms with Gasteiger partial charge in [0.05, 0.1) is 12.3 Å². The first kappa shape index (κ1) is 10.6. The van der Waals surface area contributed by atoms with E-state index in [1.54, 1.807) is 4.90 Å². The maximum absolute atomic E-state index is 11.7. The van der Waals surface area contributed by atoms with Crippen LogP contribution < -0.4 is 4.90 Å². The van der Waals surface area contributed by atoms with Crippen LogP contribution in [0.15, 0.2) is 22.7 Å². The van der Waals surface area contributed by atoms with Crippen molar-refractivity contribution >= 4 is 27.5 Å². The standard InChI is InChI=1S/C11H12BrNO2/c1-2-13-10-5-9(12)4-3-8(10)6-15-7-11(13)14/h3-5H,2,6-7H2,1H3. The number of halogens is 1. The molecule has 0 saturated carbocycles. The lowest BCUT2D eigenvalue weighted by molar-refractivity contribution is -0.122. The summed E-state index contributed by atoms with van der Waals surface area (Å²) < 4.78 is 6.28. The van der Waals surface area contributed by atoms with E-state index in [2.05, 4.69) is 15.9 Å². The molecule has 0 N–H and O–H groups in total. The van der Waals surface area contributed by atoms with Gasteiger partial charge in [-0.25, -0.2) is 0 Å². The molecule has 0 atom stereocenters. The molecule has 0 unspecified atom stereocenters. The van der Waals surface area contributed by atoms with Crippen LogP contribution in [0.2, 0.25) is 0 Å². The second kappa shape index (κ2) is 4.33. The van der Waals surface area contributed by atoms with Crippen molar-refractivity contribution in [3.05, 3.63) is 28.2 Å². The van der Waals surface area contributed by atoms with Crippen molar-refractivity contribution in [2.45, 2.75) is 13.5 Å². The molecule has 0 aliphatic carbocycles. The van der Waals surface area contributed by atoms with Crippen LogP contribution in [0.4, 0.5) is 5.69 Å². The second-order valence-electron chi connectivity index (χ2n) is 3.40. The SMILES string of the molecule is CCN1C(=O)COCc2ccc(Br)cc21. The molecular formula is C11H12BrNO2. The molecule has 0 fully saturated rings. The Bertz CT molecular complexity index is 392. The van der Waals surface area contributed by atoms with Gasteiger partial charge in [0.25, 0.3) is 5.91 Å². The van der Waals surface area contributed by atoms with Crippen molar-refractivity contribution in [3.63, 3.8) is 0 Å². The molecule has 1 aliphatic rings. The molecule has 1 aliphatic heterocycles. The minimum absolute atomic E-state index is 0.0225. The van der Waals surface area contributed by atoms with E-state index in [0.717, 1.165) is 15.7 Å². The number of hydrogen-bond donors (Lipinski definition) is 0. The highest BCUT2D eigenvalue weighted by Crippen LogP contribution is 2.27. The van der Waals surface area contributed by atoms with Crippen LogP contribution in [-0.2, 0) is 16.1 Å². The number of nitrogens with zero attached hydrogens (tertiary/aromatic N) is 1. The Hall–Kier alpha value is -0.870. The molecule has 0 bridgehead atoms. The van der Waals surface area contributed by atoms with Crippen molar-refractivity contribution < 1.29 is 9.53 Å². The zero-order valence-corrected chi connectivity index (χ0v) is 10.1. The first-order chi connectivity index (χ1) is 7.22. The van der Waals surface area contributed by atoms with Crippen LogP contribution in [0.1, 0.15) is 12.5 Å². The molecule has 3 nitrogen and oxygen atoms in total. The van der Waals surface area contributed by atoms with E-state index >= 15 is 0 Å². The summed E-state index contributed by atoms with van der Waals surface area (Å²) in [5, 5.41) is 0. The average Bonchev–Trinajstić information content (AvgIpc) is 2.36. The lowest BCUT2D eigenvalue weighted by atomic mass is 10.1. The maximum Gasteiger partial charge on any atom is 0.252 e. The van der Waals surface area contributed by atoms with Gasteiger partial charge in [-0.15, -0.1) is 0 Å². The number of amides is 1. The van der Waals surface area contributed by atoms with Gasteiger partial charge in [-0.3, -0.25) is 4.79 Å². The van der Waals surface area contributed by atoms with Gasteiger partial charge in [0, 0.05) is 16.6 Å². The Morgan fingerprint density at radius 3 is 3.00 bits per heavy atom. The molecule has 4 heteroatoms. The molecule has 0 radical (unpaired) electrons. The van der Waals surface area contributed by atoms with Gasteiger partial charge in [0.15, 0.2) is 0 Å². The van der Waals surface area contributed by atoms with Crippen LogP contribution in [0.5, 0.6) is 0 Å². The Balaban J connectivity index is 2.49. The summed E-state index contributed by atoms with van der Waals surface area (Å²) in [6.07, 6.45) is 0. The van der Waals surface area contributed by atoms with E-state index in [4.69, 9.17) is 4.74 Å². The first-order valence-electron chi connectivity index (χ1n) is 4.89. The van der Waals surface area contributed by atoms with Crippen molar-refractivity contribution in [1.82, 2.24) is 0 Å². The molecule has 80 valence electrons. The van der Waals surface area contributed by atoms with Crippen molar-refractivity contribution in [1.29, 1.82) is 0 Å². The number of benzene rings is 1. The van der Waals surface area contributed by atoms with Crippen LogP contribution in [-0.4, -0.2) is 19.1 Å². The summed E-state index contributed by atoms with van der Waals surface area (Å²) in [4.78, 5) is 13.5. The largest absolute Gasteiger partial charge is 0.367 e. The normalized spacial score (nSPS) is 16.1. The lowest BCUT2D eigenvalue weighted by Crippen LogP contribution is -2.32. The van der Waals surface area contributed by atoms with Gasteiger partial charge in [0.1, 0.15) is 6.61 Å². The van der Waals surface area contributed by atoms with E-state index in [-0.39, 0.29) is 12.5 Å². The third kappa shape index (κ3) is 2.06. The highest BCUT2D eigenvalue weighted by atomic mass is 79.9. The molecule has 2 rings (SSSR count). The third-order valence-electron chi connectivity index (χ3n) is 2.44. The predicted octanol–water partition coefficient (Wildman–Crippen LogP) is 2.33. The third-order valence-corrected chi connectivity index (χ3v) is 2.93. The number of rotatable bonds is 1. The van der Waals surface area contributed by atoms with E-state index in [1.807, 2.05) is 25.1 Å². The van der Waals surface area contributed by atoms with Gasteiger partial charge in [-0.2, -0.15) is 0 Å². The summed E-state index contributed by atoms with van der Waals surface area (Å²) >= 11 is 3.41. The number of carbonyl (C=O) groups is 1. The van der Waals surface area contributed by atoms with Crippen molar-refractivity contribution in [3.8, 4) is 0 Å². The number of ether oxygens (including phenoxy) is 1. The summed E-state index contributed by atoms with van der Waals surface area (Å²) in [6, 6.07) is 5.91. The Morgan fingerprint density at radius 2 is 2.27 bits per heavy atom. The fourth-order valence-corrected chi connectivity index (χ4v) is 2.07. The molecular weight excluding hydrogens is 258 g/mol. The van der Waals surface area contributed by atoms with Gasteiger partial charge >= 0.3 is 0 Å². The number of carbonyl (C=O) groups excluding carboxylic acids is 1. The highest BCUT2D eigenvalue weighted by molar-refractivity contribution is 9.10. The fourth-order valence-electron chi connectivity index (χ4n) is 1.72. The van der Waals surface area contributed by atoms with E-state index in [9.17, 15) is 4.79 Å². The molecule has 1 heterocycles. The Morgan fingerprint density at radius 1 is 1.47 bits per heavy atom. The first-order valence-corrected chi connectivity index (χ1v) is 5.68. The van der Waals surface area contributed by atoms with Crippen LogP contribution in [0.25, 0.3) is 0 Å². The number of fused-ring (bicyclic) bond motifs is 1.